The van der Waals surface area contributed by atoms with Gasteiger partial charge in [-0.15, -0.1) is 0 Å². The number of hydrogen-bond acceptors (Lipinski definition) is 4. The Morgan fingerprint density at radius 2 is 1.83 bits per heavy atom. The molecule has 1 amide bonds. The molecule has 3 rings (SSSR count). The predicted octanol–water partition coefficient (Wildman–Crippen LogP) is 4.92. The summed E-state index contributed by atoms with van der Waals surface area (Å²) in [5.74, 6) is -1.03. The highest BCUT2D eigenvalue weighted by atomic mass is 35.5. The molecule has 2 N–H and O–H groups in total. The third-order valence-electron chi connectivity index (χ3n) is 5.04. The second-order valence-corrected chi connectivity index (χ2v) is 7.92. The number of rotatable bonds is 4. The van der Waals surface area contributed by atoms with Gasteiger partial charge in [0.25, 0.3) is 5.91 Å². The fourth-order valence-corrected chi connectivity index (χ4v) is 3.93. The van der Waals surface area contributed by atoms with Gasteiger partial charge >= 0.3 is 6.18 Å². The second kappa shape index (κ2) is 8.64. The summed E-state index contributed by atoms with van der Waals surface area (Å²) in [6.07, 6.45) is -3.55. The van der Waals surface area contributed by atoms with Gasteiger partial charge in [-0.25, -0.2) is 9.37 Å². The number of pyridine rings is 2. The van der Waals surface area contributed by atoms with Crippen LogP contribution in [0, 0.1) is 0 Å². The van der Waals surface area contributed by atoms with Gasteiger partial charge in [0.1, 0.15) is 17.9 Å². The van der Waals surface area contributed by atoms with E-state index in [1.807, 2.05) is 0 Å². The van der Waals surface area contributed by atoms with Crippen LogP contribution in [0.15, 0.2) is 30.6 Å². The van der Waals surface area contributed by atoms with Crippen LogP contribution in [0.3, 0.4) is 0 Å². The van der Waals surface area contributed by atoms with Gasteiger partial charge < -0.3 is 10.4 Å². The number of hydrogen-bond donors (Lipinski definition) is 2. The number of carbonyl (C=O) groups excluding carboxylic acids is 1. The van der Waals surface area contributed by atoms with E-state index < -0.39 is 46.2 Å². The van der Waals surface area contributed by atoms with Crippen LogP contribution in [0.5, 0.6) is 0 Å². The van der Waals surface area contributed by atoms with Crippen LogP contribution in [0.2, 0.25) is 10.0 Å². The van der Waals surface area contributed by atoms with Crippen molar-refractivity contribution in [1.29, 1.82) is 0 Å². The maximum absolute atomic E-state index is 13.6. The molecule has 2 aromatic heterocycles. The number of aliphatic hydroxyl groups is 1. The molecular formula is C19H17Cl2F4N3O2. The number of halogens is 6. The monoisotopic (exact) mass is 465 g/mol. The van der Waals surface area contributed by atoms with E-state index in [0.717, 1.165) is 6.20 Å². The van der Waals surface area contributed by atoms with E-state index >= 15 is 0 Å². The normalized spacial score (nSPS) is 23.1. The Bertz CT molecular complexity index is 934. The minimum Gasteiger partial charge on any atom is -0.387 e. The van der Waals surface area contributed by atoms with Gasteiger partial charge in [-0.1, -0.05) is 23.2 Å². The quantitative estimate of drug-likeness (QED) is 0.628. The van der Waals surface area contributed by atoms with Gasteiger partial charge in [-0.05, 0) is 43.9 Å². The molecule has 1 aliphatic carbocycles. The molecular weight excluding hydrogens is 449 g/mol. The largest absolute Gasteiger partial charge is 0.417 e. The number of nitrogens with zero attached hydrogens (tertiary/aromatic N) is 2. The van der Waals surface area contributed by atoms with Gasteiger partial charge in [0.05, 0.1) is 21.9 Å². The van der Waals surface area contributed by atoms with Crippen molar-refractivity contribution in [3.05, 3.63) is 57.6 Å². The molecule has 0 spiro atoms. The van der Waals surface area contributed by atoms with E-state index in [4.69, 9.17) is 23.2 Å². The molecule has 0 aliphatic heterocycles. The fraction of sp³-hybridized carbons (Fsp3) is 0.421. The van der Waals surface area contributed by atoms with Crippen molar-refractivity contribution >= 4 is 29.1 Å². The van der Waals surface area contributed by atoms with Crippen molar-refractivity contribution < 1.29 is 27.5 Å². The second-order valence-electron chi connectivity index (χ2n) is 7.10. The SMILES string of the molecule is O=C(NC(c1cc(Cl)ccn1)[C@]1(O)CC[C@H](F)CC1)c1nccc(C(F)(F)F)c1Cl. The predicted molar refractivity (Wildman–Crippen MR) is 102 cm³/mol. The molecule has 2 aromatic rings. The Labute approximate surface area is 179 Å². The minimum absolute atomic E-state index is 0.0110. The van der Waals surface area contributed by atoms with Crippen LogP contribution in [0.25, 0.3) is 0 Å². The molecule has 1 fully saturated rings. The summed E-state index contributed by atoms with van der Waals surface area (Å²) >= 11 is 11.8. The standard InChI is InChI=1S/C19H17Cl2F4N3O2/c20-10-3-7-26-13(9-10)16(18(30)5-1-11(22)2-6-18)28-17(29)15-14(21)12(4-8-27-15)19(23,24)25/h3-4,7-9,11,16,30H,1-2,5-6H2,(H,28,29)/t11-,16?,18-. The molecule has 0 aromatic carbocycles. The number of carbonyl (C=O) groups is 1. The molecule has 1 atom stereocenters. The summed E-state index contributed by atoms with van der Waals surface area (Å²) in [7, 11) is 0. The zero-order chi connectivity index (χ0) is 22.1. The van der Waals surface area contributed by atoms with E-state index in [1.54, 1.807) is 0 Å². The van der Waals surface area contributed by atoms with E-state index in [-0.39, 0.29) is 36.4 Å². The molecule has 1 aliphatic rings. The maximum Gasteiger partial charge on any atom is 0.417 e. The first-order chi connectivity index (χ1) is 14.0. The molecule has 1 saturated carbocycles. The molecule has 0 radical (unpaired) electrons. The topological polar surface area (TPSA) is 75.1 Å². The molecule has 1 unspecified atom stereocenters. The molecule has 2 heterocycles. The van der Waals surface area contributed by atoms with Crippen LogP contribution in [-0.4, -0.2) is 32.8 Å². The van der Waals surface area contributed by atoms with Gasteiger partial charge in [0.2, 0.25) is 0 Å². The highest BCUT2D eigenvalue weighted by Crippen LogP contribution is 2.40. The van der Waals surface area contributed by atoms with Crippen molar-refractivity contribution in [2.45, 2.75) is 49.7 Å². The Morgan fingerprint density at radius 1 is 1.20 bits per heavy atom. The maximum atomic E-state index is 13.6. The third kappa shape index (κ3) is 4.84. The molecule has 5 nitrogen and oxygen atoms in total. The Hall–Kier alpha value is -1.97. The van der Waals surface area contributed by atoms with E-state index in [2.05, 4.69) is 15.3 Å². The smallest absolute Gasteiger partial charge is 0.387 e. The number of amides is 1. The van der Waals surface area contributed by atoms with Crippen LogP contribution in [-0.2, 0) is 6.18 Å². The highest BCUT2D eigenvalue weighted by Gasteiger charge is 2.43. The van der Waals surface area contributed by atoms with Crippen molar-refractivity contribution in [3.63, 3.8) is 0 Å². The average Bonchev–Trinajstić information content (AvgIpc) is 2.67. The van der Waals surface area contributed by atoms with Crippen molar-refractivity contribution in [1.82, 2.24) is 15.3 Å². The zero-order valence-electron chi connectivity index (χ0n) is 15.4. The molecule has 0 bridgehead atoms. The summed E-state index contributed by atoms with van der Waals surface area (Å²) < 4.78 is 52.9. The van der Waals surface area contributed by atoms with Crippen LogP contribution >= 0.6 is 23.2 Å². The number of aromatic nitrogens is 2. The highest BCUT2D eigenvalue weighted by molar-refractivity contribution is 6.34. The summed E-state index contributed by atoms with van der Waals surface area (Å²) in [6, 6.07) is 2.39. The first-order valence-corrected chi connectivity index (χ1v) is 9.77. The lowest BCUT2D eigenvalue weighted by Crippen LogP contribution is -2.49. The molecule has 162 valence electrons. The van der Waals surface area contributed by atoms with Crippen molar-refractivity contribution in [3.8, 4) is 0 Å². The van der Waals surface area contributed by atoms with Gasteiger partial charge in [0, 0.05) is 17.4 Å². The van der Waals surface area contributed by atoms with Crippen molar-refractivity contribution in [2.75, 3.05) is 0 Å². The van der Waals surface area contributed by atoms with Gasteiger partial charge in [-0.3, -0.25) is 9.78 Å². The Balaban J connectivity index is 1.97. The molecule has 30 heavy (non-hydrogen) atoms. The lowest BCUT2D eigenvalue weighted by Gasteiger charge is -2.40. The first-order valence-electron chi connectivity index (χ1n) is 9.02. The van der Waals surface area contributed by atoms with Gasteiger partial charge in [-0.2, -0.15) is 13.2 Å². The zero-order valence-corrected chi connectivity index (χ0v) is 16.9. The summed E-state index contributed by atoms with van der Waals surface area (Å²) in [5, 5.41) is 13.0. The van der Waals surface area contributed by atoms with E-state index in [0.29, 0.717) is 6.07 Å². The number of nitrogens with one attached hydrogen (secondary N) is 1. The summed E-state index contributed by atoms with van der Waals surface area (Å²) in [6.45, 7) is 0. The Morgan fingerprint density at radius 3 is 2.43 bits per heavy atom. The first kappa shape index (κ1) is 22.7. The minimum atomic E-state index is -4.78. The molecule has 11 heteroatoms. The average molecular weight is 466 g/mol. The van der Waals surface area contributed by atoms with Crippen molar-refractivity contribution in [2.24, 2.45) is 0 Å². The van der Waals surface area contributed by atoms with Crippen LogP contribution in [0.1, 0.15) is 53.5 Å². The summed E-state index contributed by atoms with van der Waals surface area (Å²) in [5.41, 5.74) is -3.26. The van der Waals surface area contributed by atoms with E-state index in [1.165, 1.54) is 18.3 Å². The van der Waals surface area contributed by atoms with Gasteiger partial charge in [0.15, 0.2) is 0 Å². The number of alkyl halides is 4. The lowest BCUT2D eigenvalue weighted by molar-refractivity contribution is -0.137. The van der Waals surface area contributed by atoms with Crippen LogP contribution in [0.4, 0.5) is 17.6 Å². The third-order valence-corrected chi connectivity index (χ3v) is 5.66. The molecule has 0 saturated heterocycles. The summed E-state index contributed by atoms with van der Waals surface area (Å²) in [4.78, 5) is 20.6. The van der Waals surface area contributed by atoms with Crippen LogP contribution < -0.4 is 5.32 Å². The Kier molecular flexibility index (Phi) is 6.54. The lowest BCUT2D eigenvalue weighted by atomic mass is 9.77. The van der Waals surface area contributed by atoms with E-state index in [9.17, 15) is 27.5 Å². The fourth-order valence-electron chi connectivity index (χ4n) is 3.45.